The largest absolute Gasteiger partial charge is 0.0885 e. The minimum Gasteiger partial charge on any atom is -0.0885 e. The van der Waals surface area contributed by atoms with E-state index in [2.05, 4.69) is 32.9 Å². The van der Waals surface area contributed by atoms with Crippen LogP contribution in [0, 0.1) is 5.92 Å². The molecule has 22 heavy (non-hydrogen) atoms. The zero-order valence-electron chi connectivity index (χ0n) is 16.0. The molecule has 0 spiro atoms. The lowest BCUT2D eigenvalue weighted by Gasteiger charge is -2.08. The molecule has 0 N–H and O–H groups in total. The third kappa shape index (κ3) is 17.8. The molecule has 0 rings (SSSR count). The Kier molecular flexibility index (Phi) is 18.6. The van der Waals surface area contributed by atoms with Crippen molar-refractivity contribution in [2.45, 2.75) is 124 Å². The van der Waals surface area contributed by atoms with Gasteiger partial charge in [0, 0.05) is 0 Å². The van der Waals surface area contributed by atoms with E-state index in [9.17, 15) is 0 Å². The summed E-state index contributed by atoms with van der Waals surface area (Å²) < 4.78 is 0. The van der Waals surface area contributed by atoms with Gasteiger partial charge in [-0.2, -0.15) is 0 Å². The highest BCUT2D eigenvalue weighted by atomic mass is 14.1. The highest BCUT2D eigenvalue weighted by molar-refractivity contribution is 4.83. The summed E-state index contributed by atoms with van der Waals surface area (Å²) in [5.74, 6) is 0.886. The van der Waals surface area contributed by atoms with Crippen LogP contribution in [0.1, 0.15) is 124 Å². The maximum Gasteiger partial charge on any atom is -0.0325 e. The Bertz CT molecular complexity index is 216. The van der Waals surface area contributed by atoms with Gasteiger partial charge >= 0.3 is 0 Å². The fourth-order valence-electron chi connectivity index (χ4n) is 3.06. The molecule has 0 aromatic rings. The van der Waals surface area contributed by atoms with Crippen molar-refractivity contribution in [3.05, 3.63) is 12.2 Å². The first kappa shape index (κ1) is 21.7. The van der Waals surface area contributed by atoms with E-state index in [-0.39, 0.29) is 0 Å². The van der Waals surface area contributed by atoms with Gasteiger partial charge in [-0.1, -0.05) is 116 Å². The van der Waals surface area contributed by atoms with E-state index in [0.717, 1.165) is 5.92 Å². The van der Waals surface area contributed by atoms with Gasteiger partial charge in [0.05, 0.1) is 0 Å². The van der Waals surface area contributed by atoms with Crippen LogP contribution in [-0.4, -0.2) is 0 Å². The van der Waals surface area contributed by atoms with Crippen molar-refractivity contribution in [3.63, 3.8) is 0 Å². The number of allylic oxidation sites excluding steroid dienone is 2. The molecule has 0 heteroatoms. The van der Waals surface area contributed by atoms with Crippen LogP contribution in [0.25, 0.3) is 0 Å². The van der Waals surface area contributed by atoms with Crippen molar-refractivity contribution in [1.82, 2.24) is 0 Å². The van der Waals surface area contributed by atoms with E-state index < -0.39 is 0 Å². The topological polar surface area (TPSA) is 0 Å². The Balaban J connectivity index is 3.23. The molecule has 0 aromatic heterocycles. The van der Waals surface area contributed by atoms with Gasteiger partial charge in [-0.05, 0) is 25.2 Å². The molecule has 0 aromatic carbocycles. The molecule has 0 saturated heterocycles. The van der Waals surface area contributed by atoms with Gasteiger partial charge in [0.25, 0.3) is 0 Å². The normalized spacial score (nSPS) is 13.0. The fraction of sp³-hybridized carbons (Fsp3) is 0.909. The minimum absolute atomic E-state index is 0.886. The van der Waals surface area contributed by atoms with Gasteiger partial charge in [0.15, 0.2) is 0 Å². The van der Waals surface area contributed by atoms with Crippen molar-refractivity contribution in [2.24, 2.45) is 5.92 Å². The molecule has 1 atom stereocenters. The quantitative estimate of drug-likeness (QED) is 0.187. The minimum atomic E-state index is 0.886. The van der Waals surface area contributed by atoms with E-state index >= 15 is 0 Å². The third-order valence-electron chi connectivity index (χ3n) is 4.73. The monoisotopic (exact) mass is 308 g/mol. The molecule has 0 nitrogen and oxygen atoms in total. The molecule has 0 aliphatic carbocycles. The molecule has 0 heterocycles. The SMILES string of the molecule is CCCCCCCC/C=C/CC(C)CCCCCCCCC. The third-order valence-corrected chi connectivity index (χ3v) is 4.73. The lowest BCUT2D eigenvalue weighted by atomic mass is 9.98. The summed E-state index contributed by atoms with van der Waals surface area (Å²) >= 11 is 0. The zero-order chi connectivity index (χ0) is 16.3. The number of hydrogen-bond donors (Lipinski definition) is 0. The average molecular weight is 309 g/mol. The van der Waals surface area contributed by atoms with Gasteiger partial charge in [-0.15, -0.1) is 0 Å². The molecular weight excluding hydrogens is 264 g/mol. The first-order valence-corrected chi connectivity index (χ1v) is 10.5. The molecule has 0 radical (unpaired) electrons. The predicted octanol–water partition coefficient (Wildman–Crippen LogP) is 8.46. The van der Waals surface area contributed by atoms with Gasteiger partial charge in [-0.25, -0.2) is 0 Å². The van der Waals surface area contributed by atoms with E-state index in [1.54, 1.807) is 0 Å². The first-order valence-electron chi connectivity index (χ1n) is 10.5. The average Bonchev–Trinajstić information content (AvgIpc) is 2.52. The van der Waals surface area contributed by atoms with Crippen LogP contribution in [0.5, 0.6) is 0 Å². The molecule has 0 aliphatic heterocycles. The van der Waals surface area contributed by atoms with E-state index in [4.69, 9.17) is 0 Å². The summed E-state index contributed by atoms with van der Waals surface area (Å²) in [5, 5.41) is 0. The summed E-state index contributed by atoms with van der Waals surface area (Å²) in [6.07, 6.45) is 27.4. The molecule has 132 valence electrons. The van der Waals surface area contributed by atoms with Crippen LogP contribution in [0.4, 0.5) is 0 Å². The summed E-state index contributed by atoms with van der Waals surface area (Å²) in [6.45, 7) is 7.00. The van der Waals surface area contributed by atoms with E-state index in [0.29, 0.717) is 0 Å². The molecule has 0 fully saturated rings. The maximum absolute atomic E-state index is 2.44. The first-order chi connectivity index (χ1) is 10.8. The highest BCUT2D eigenvalue weighted by Gasteiger charge is 1.99. The highest BCUT2D eigenvalue weighted by Crippen LogP contribution is 2.16. The molecule has 0 amide bonds. The molecule has 1 unspecified atom stereocenters. The molecule has 0 aliphatic rings. The van der Waals surface area contributed by atoms with Crippen molar-refractivity contribution < 1.29 is 0 Å². The van der Waals surface area contributed by atoms with Crippen molar-refractivity contribution >= 4 is 0 Å². The zero-order valence-corrected chi connectivity index (χ0v) is 16.0. The number of hydrogen-bond acceptors (Lipinski definition) is 0. The smallest absolute Gasteiger partial charge is 0.0325 e. The lowest BCUT2D eigenvalue weighted by molar-refractivity contribution is 0.485. The number of rotatable bonds is 17. The molecular formula is C22H44. The second kappa shape index (κ2) is 18.8. The van der Waals surface area contributed by atoms with Crippen LogP contribution >= 0.6 is 0 Å². The van der Waals surface area contributed by atoms with Crippen LogP contribution in [0.2, 0.25) is 0 Å². The molecule has 0 bridgehead atoms. The van der Waals surface area contributed by atoms with Gasteiger partial charge in [0.2, 0.25) is 0 Å². The summed E-state index contributed by atoms with van der Waals surface area (Å²) in [4.78, 5) is 0. The Morgan fingerprint density at radius 3 is 1.68 bits per heavy atom. The Hall–Kier alpha value is -0.260. The second-order valence-electron chi connectivity index (χ2n) is 7.28. The Morgan fingerprint density at radius 1 is 0.591 bits per heavy atom. The van der Waals surface area contributed by atoms with Crippen molar-refractivity contribution in [2.75, 3.05) is 0 Å². The second-order valence-corrected chi connectivity index (χ2v) is 7.28. The van der Waals surface area contributed by atoms with Crippen molar-refractivity contribution in [3.8, 4) is 0 Å². The summed E-state index contributed by atoms with van der Waals surface area (Å²) in [7, 11) is 0. The van der Waals surface area contributed by atoms with E-state index in [1.807, 2.05) is 0 Å². The number of unbranched alkanes of at least 4 members (excludes halogenated alkanes) is 12. The van der Waals surface area contributed by atoms with Crippen LogP contribution < -0.4 is 0 Å². The van der Waals surface area contributed by atoms with Gasteiger partial charge in [0.1, 0.15) is 0 Å². The standard InChI is InChI=1S/C22H44/c1-4-6-8-10-12-13-15-17-19-21-22(3)20-18-16-14-11-9-7-5-2/h17,19,22H,4-16,18,20-21H2,1-3H3/b19-17+. The predicted molar refractivity (Wildman–Crippen MR) is 104 cm³/mol. The Morgan fingerprint density at radius 2 is 1.09 bits per heavy atom. The molecule has 0 saturated carbocycles. The van der Waals surface area contributed by atoms with E-state index in [1.165, 1.54) is 103 Å². The van der Waals surface area contributed by atoms with Crippen LogP contribution in [0.3, 0.4) is 0 Å². The Labute approximate surface area is 142 Å². The summed E-state index contributed by atoms with van der Waals surface area (Å²) in [5.41, 5.74) is 0. The van der Waals surface area contributed by atoms with Crippen LogP contribution in [0.15, 0.2) is 12.2 Å². The van der Waals surface area contributed by atoms with Gasteiger partial charge < -0.3 is 0 Å². The maximum atomic E-state index is 2.44. The summed E-state index contributed by atoms with van der Waals surface area (Å²) in [6, 6.07) is 0. The lowest BCUT2D eigenvalue weighted by Crippen LogP contribution is -1.92. The van der Waals surface area contributed by atoms with Gasteiger partial charge in [-0.3, -0.25) is 0 Å². The van der Waals surface area contributed by atoms with Crippen LogP contribution in [-0.2, 0) is 0 Å². The fourth-order valence-corrected chi connectivity index (χ4v) is 3.06. The van der Waals surface area contributed by atoms with Crippen molar-refractivity contribution in [1.29, 1.82) is 0 Å².